The zero-order valence-electron chi connectivity index (χ0n) is 18.0. The molecule has 0 bridgehead atoms. The number of carbonyl (C=O) groups excluding carboxylic acids is 1. The maximum Gasteiger partial charge on any atom is 0.231 e. The van der Waals surface area contributed by atoms with Crippen LogP contribution in [0.4, 0.5) is 5.95 Å². The second-order valence-corrected chi connectivity index (χ2v) is 8.07. The van der Waals surface area contributed by atoms with Crippen molar-refractivity contribution in [2.75, 3.05) is 31.8 Å². The average Bonchev–Trinajstić information content (AvgIpc) is 3.51. The molecule has 8 nitrogen and oxygen atoms in total. The predicted molar refractivity (Wildman–Crippen MR) is 119 cm³/mol. The molecule has 3 aromatic rings. The van der Waals surface area contributed by atoms with Gasteiger partial charge in [0.05, 0.1) is 18.7 Å². The topological polar surface area (TPSA) is 80.7 Å². The molecule has 0 unspecified atom stereocenters. The summed E-state index contributed by atoms with van der Waals surface area (Å²) < 4.78 is 10.8. The Morgan fingerprint density at radius 1 is 1.09 bits per heavy atom. The Kier molecular flexibility index (Phi) is 5.58. The molecule has 0 saturated carbocycles. The fourth-order valence-corrected chi connectivity index (χ4v) is 4.04. The number of pyridine rings is 1. The van der Waals surface area contributed by atoms with Gasteiger partial charge in [0.1, 0.15) is 0 Å². The van der Waals surface area contributed by atoms with Gasteiger partial charge in [0, 0.05) is 44.3 Å². The van der Waals surface area contributed by atoms with Crippen LogP contribution in [0.5, 0.6) is 11.5 Å². The first-order valence-electron chi connectivity index (χ1n) is 10.8. The smallest absolute Gasteiger partial charge is 0.231 e. The van der Waals surface area contributed by atoms with Crippen LogP contribution in [0.2, 0.25) is 0 Å². The summed E-state index contributed by atoms with van der Waals surface area (Å²) in [4.78, 5) is 30.5. The molecule has 8 heteroatoms. The van der Waals surface area contributed by atoms with Gasteiger partial charge in [-0.3, -0.25) is 9.78 Å². The zero-order valence-corrected chi connectivity index (χ0v) is 18.0. The van der Waals surface area contributed by atoms with Gasteiger partial charge in [-0.25, -0.2) is 9.97 Å². The SMILES string of the molecule is CN(Cc1nc(N2CCCC2)ncc1-c1ccncc1)C(=O)Cc1ccc2c(c1)OCO2. The molecule has 4 heterocycles. The van der Waals surface area contributed by atoms with E-state index >= 15 is 0 Å². The molecule has 1 fully saturated rings. The van der Waals surface area contributed by atoms with E-state index in [0.29, 0.717) is 18.0 Å². The predicted octanol–water partition coefficient (Wildman–Crippen LogP) is 3.07. The van der Waals surface area contributed by atoms with Crippen molar-refractivity contribution >= 4 is 11.9 Å². The summed E-state index contributed by atoms with van der Waals surface area (Å²) in [5.74, 6) is 2.13. The minimum absolute atomic E-state index is 0.00544. The van der Waals surface area contributed by atoms with Crippen LogP contribution in [0.15, 0.2) is 48.9 Å². The number of fused-ring (bicyclic) bond motifs is 1. The van der Waals surface area contributed by atoms with Crippen LogP contribution >= 0.6 is 0 Å². The molecular weight excluding hydrogens is 406 g/mol. The monoisotopic (exact) mass is 431 g/mol. The van der Waals surface area contributed by atoms with Gasteiger partial charge in [-0.05, 0) is 48.2 Å². The van der Waals surface area contributed by atoms with Gasteiger partial charge in [-0.15, -0.1) is 0 Å². The number of carbonyl (C=O) groups is 1. The van der Waals surface area contributed by atoms with Crippen LogP contribution in [0.1, 0.15) is 24.1 Å². The highest BCUT2D eigenvalue weighted by Gasteiger charge is 2.20. The van der Waals surface area contributed by atoms with Crippen LogP contribution in [0, 0.1) is 0 Å². The van der Waals surface area contributed by atoms with Crippen molar-refractivity contribution in [2.45, 2.75) is 25.8 Å². The number of nitrogens with zero attached hydrogens (tertiary/aromatic N) is 5. The number of ether oxygens (including phenoxy) is 2. The van der Waals surface area contributed by atoms with Gasteiger partial charge < -0.3 is 19.3 Å². The average molecular weight is 431 g/mol. The van der Waals surface area contributed by atoms with E-state index in [2.05, 4.69) is 14.9 Å². The number of hydrogen-bond donors (Lipinski definition) is 0. The van der Waals surface area contributed by atoms with Crippen molar-refractivity contribution in [3.63, 3.8) is 0 Å². The van der Waals surface area contributed by atoms with Crippen molar-refractivity contribution in [1.82, 2.24) is 19.9 Å². The highest BCUT2D eigenvalue weighted by molar-refractivity contribution is 5.79. The van der Waals surface area contributed by atoms with Crippen molar-refractivity contribution in [3.8, 4) is 22.6 Å². The Balaban J connectivity index is 1.37. The normalized spacial score (nSPS) is 14.6. The van der Waals surface area contributed by atoms with Gasteiger partial charge in [-0.1, -0.05) is 6.07 Å². The van der Waals surface area contributed by atoms with Gasteiger partial charge in [0.2, 0.25) is 18.6 Å². The summed E-state index contributed by atoms with van der Waals surface area (Å²) in [5, 5.41) is 0. The second-order valence-electron chi connectivity index (χ2n) is 8.07. The number of benzene rings is 1. The summed E-state index contributed by atoms with van der Waals surface area (Å²) in [6.45, 7) is 2.54. The lowest BCUT2D eigenvalue weighted by Gasteiger charge is -2.21. The van der Waals surface area contributed by atoms with E-state index in [4.69, 9.17) is 14.5 Å². The summed E-state index contributed by atoms with van der Waals surface area (Å²) in [6, 6.07) is 9.49. The third kappa shape index (κ3) is 4.21. The van der Waals surface area contributed by atoms with Crippen LogP contribution in [-0.4, -0.2) is 52.7 Å². The number of rotatable bonds is 6. The highest BCUT2D eigenvalue weighted by Crippen LogP contribution is 2.33. The van der Waals surface area contributed by atoms with E-state index in [1.54, 1.807) is 17.3 Å². The Hall–Kier alpha value is -3.68. The van der Waals surface area contributed by atoms with E-state index in [1.807, 2.05) is 43.6 Å². The number of anilines is 1. The molecule has 0 radical (unpaired) electrons. The molecule has 2 aliphatic rings. The lowest BCUT2D eigenvalue weighted by atomic mass is 10.1. The summed E-state index contributed by atoms with van der Waals surface area (Å²) in [5.41, 5.74) is 3.62. The second kappa shape index (κ2) is 8.82. The summed E-state index contributed by atoms with van der Waals surface area (Å²) in [6.07, 6.45) is 7.95. The molecule has 1 aromatic carbocycles. The fraction of sp³-hybridized carbons (Fsp3) is 0.333. The molecule has 0 atom stereocenters. The van der Waals surface area contributed by atoms with Crippen LogP contribution in [-0.2, 0) is 17.8 Å². The van der Waals surface area contributed by atoms with E-state index in [1.165, 1.54) is 0 Å². The number of hydrogen-bond acceptors (Lipinski definition) is 7. The Labute approximate surface area is 186 Å². The molecule has 164 valence electrons. The Bertz CT molecular complexity index is 1120. The molecule has 0 aliphatic carbocycles. The third-order valence-corrected chi connectivity index (χ3v) is 5.84. The van der Waals surface area contributed by atoms with Gasteiger partial charge in [0.25, 0.3) is 0 Å². The molecule has 0 N–H and O–H groups in total. The Morgan fingerprint density at radius 2 is 1.88 bits per heavy atom. The molecule has 2 aromatic heterocycles. The first kappa shape index (κ1) is 20.2. The maximum atomic E-state index is 13.0. The first-order valence-corrected chi connectivity index (χ1v) is 10.8. The third-order valence-electron chi connectivity index (χ3n) is 5.84. The first-order chi connectivity index (χ1) is 15.7. The van der Waals surface area contributed by atoms with Crippen molar-refractivity contribution in [2.24, 2.45) is 0 Å². The lowest BCUT2D eigenvalue weighted by molar-refractivity contribution is -0.129. The van der Waals surface area contributed by atoms with Crippen LogP contribution < -0.4 is 14.4 Å². The van der Waals surface area contributed by atoms with Crippen LogP contribution in [0.25, 0.3) is 11.1 Å². The number of aromatic nitrogens is 3. The maximum absolute atomic E-state index is 13.0. The Morgan fingerprint density at radius 3 is 2.69 bits per heavy atom. The van der Waals surface area contributed by atoms with Crippen molar-refractivity contribution < 1.29 is 14.3 Å². The van der Waals surface area contributed by atoms with Gasteiger partial charge in [0.15, 0.2) is 11.5 Å². The molecule has 2 aliphatic heterocycles. The molecule has 5 rings (SSSR count). The van der Waals surface area contributed by atoms with Crippen LogP contribution in [0.3, 0.4) is 0 Å². The van der Waals surface area contributed by atoms with E-state index < -0.39 is 0 Å². The molecule has 0 spiro atoms. The zero-order chi connectivity index (χ0) is 21.9. The lowest BCUT2D eigenvalue weighted by Crippen LogP contribution is -2.29. The van der Waals surface area contributed by atoms with E-state index in [-0.39, 0.29) is 19.1 Å². The van der Waals surface area contributed by atoms with Crippen molar-refractivity contribution in [3.05, 3.63) is 60.2 Å². The van der Waals surface area contributed by atoms with E-state index in [9.17, 15) is 4.79 Å². The van der Waals surface area contributed by atoms with Gasteiger partial charge in [-0.2, -0.15) is 0 Å². The summed E-state index contributed by atoms with van der Waals surface area (Å²) in [7, 11) is 1.81. The van der Waals surface area contributed by atoms with Gasteiger partial charge >= 0.3 is 0 Å². The molecule has 1 amide bonds. The standard InChI is InChI=1S/C24H25N5O3/c1-28(23(30)13-17-4-5-21-22(12-17)32-16-31-21)15-20-19(18-6-8-25-9-7-18)14-26-24(27-20)29-10-2-3-11-29/h4-9,12,14H,2-3,10-11,13,15-16H2,1H3. The largest absolute Gasteiger partial charge is 0.454 e. The fourth-order valence-electron chi connectivity index (χ4n) is 4.04. The quantitative estimate of drug-likeness (QED) is 0.593. The van der Waals surface area contributed by atoms with Crippen molar-refractivity contribution in [1.29, 1.82) is 0 Å². The minimum Gasteiger partial charge on any atom is -0.454 e. The molecule has 1 saturated heterocycles. The highest BCUT2D eigenvalue weighted by atomic mass is 16.7. The minimum atomic E-state index is 0.00544. The number of likely N-dealkylation sites (N-methyl/N-ethyl adjacent to an activating group) is 1. The summed E-state index contributed by atoms with van der Waals surface area (Å²) >= 11 is 0. The molecule has 32 heavy (non-hydrogen) atoms. The molecular formula is C24H25N5O3. The van der Waals surface area contributed by atoms with E-state index in [0.717, 1.165) is 54.3 Å². The number of amides is 1.